The van der Waals surface area contributed by atoms with Gasteiger partial charge in [-0.25, -0.2) is 0 Å². The van der Waals surface area contributed by atoms with E-state index in [1.54, 1.807) is 14.2 Å². The summed E-state index contributed by atoms with van der Waals surface area (Å²) in [6.07, 6.45) is -0.812. The largest absolute Gasteiger partial charge is 0.493 e. The van der Waals surface area contributed by atoms with Crippen LogP contribution in [0.25, 0.3) is 0 Å². The summed E-state index contributed by atoms with van der Waals surface area (Å²) in [4.78, 5) is 12.7. The molecule has 0 saturated carbocycles. The van der Waals surface area contributed by atoms with Gasteiger partial charge in [0.2, 0.25) is 6.79 Å². The summed E-state index contributed by atoms with van der Waals surface area (Å²) >= 11 is 0. The minimum atomic E-state index is -0.812. The second kappa shape index (κ2) is 6.56. The number of carbonyl (C=O) groups excluding carboxylic acids is 1. The van der Waals surface area contributed by atoms with Gasteiger partial charge in [0, 0.05) is 11.8 Å². The molecule has 0 radical (unpaired) electrons. The van der Waals surface area contributed by atoms with E-state index in [-0.39, 0.29) is 31.2 Å². The highest BCUT2D eigenvalue weighted by molar-refractivity contribution is 5.78. The minimum Gasteiger partial charge on any atom is -0.493 e. The Bertz CT molecular complexity index is 999. The minimum absolute atomic E-state index is 0.142. The molecule has 0 bridgehead atoms. The molecule has 0 spiro atoms. The number of ether oxygens (including phenoxy) is 5. The Balaban J connectivity index is 1.74. The smallest absolute Gasteiger partial charge is 0.310 e. The molecule has 1 fully saturated rings. The van der Waals surface area contributed by atoms with Crippen molar-refractivity contribution in [2.45, 2.75) is 18.9 Å². The third-order valence-corrected chi connectivity index (χ3v) is 6.19. The van der Waals surface area contributed by atoms with Crippen LogP contribution in [0, 0.1) is 18.8 Å². The van der Waals surface area contributed by atoms with Crippen molar-refractivity contribution < 1.29 is 33.6 Å². The number of cyclic esters (lactones) is 1. The third-order valence-electron chi connectivity index (χ3n) is 6.19. The summed E-state index contributed by atoms with van der Waals surface area (Å²) in [7, 11) is 3.19. The molecule has 1 aliphatic carbocycles. The van der Waals surface area contributed by atoms with Gasteiger partial charge in [-0.3, -0.25) is 4.79 Å². The van der Waals surface area contributed by atoms with Gasteiger partial charge in [0.25, 0.3) is 0 Å². The summed E-state index contributed by atoms with van der Waals surface area (Å²) in [6, 6.07) is 7.59. The first kappa shape index (κ1) is 18.1. The SMILES string of the molecule is COc1cc([C@@H]2c3cc4c(cc3[C@H](O)[C@H]3COC(=O)[C@H]23)OCO4)cc(C)c1OC. The van der Waals surface area contributed by atoms with E-state index in [9.17, 15) is 9.90 Å². The number of hydrogen-bond donors (Lipinski definition) is 1. The van der Waals surface area contributed by atoms with Gasteiger partial charge in [-0.15, -0.1) is 0 Å². The number of aliphatic hydroxyl groups is 1. The van der Waals surface area contributed by atoms with Crippen LogP contribution in [0.1, 0.15) is 34.3 Å². The van der Waals surface area contributed by atoms with E-state index in [0.717, 1.165) is 22.3 Å². The Labute approximate surface area is 168 Å². The highest BCUT2D eigenvalue weighted by Gasteiger charge is 2.52. The van der Waals surface area contributed by atoms with Gasteiger partial charge in [-0.1, -0.05) is 6.07 Å². The maximum atomic E-state index is 12.7. The Kier molecular flexibility index (Phi) is 4.10. The van der Waals surface area contributed by atoms with Crippen LogP contribution in [-0.2, 0) is 9.53 Å². The van der Waals surface area contributed by atoms with Gasteiger partial charge in [0.1, 0.15) is 0 Å². The number of aliphatic hydroxyl groups excluding tert-OH is 1. The lowest BCUT2D eigenvalue weighted by Crippen LogP contribution is -2.34. The molecule has 0 aromatic heterocycles. The fourth-order valence-electron chi connectivity index (χ4n) is 4.89. The summed E-state index contributed by atoms with van der Waals surface area (Å²) in [5.41, 5.74) is 3.39. The number of benzene rings is 2. The molecule has 0 amide bonds. The predicted molar refractivity (Wildman–Crippen MR) is 102 cm³/mol. The monoisotopic (exact) mass is 398 g/mol. The number of hydrogen-bond acceptors (Lipinski definition) is 7. The number of fused-ring (bicyclic) bond motifs is 3. The molecular formula is C22H22O7. The molecule has 5 rings (SSSR count). The van der Waals surface area contributed by atoms with Crippen LogP contribution in [0.15, 0.2) is 24.3 Å². The van der Waals surface area contributed by atoms with Crippen molar-refractivity contribution in [1.29, 1.82) is 0 Å². The lowest BCUT2D eigenvalue weighted by molar-refractivity contribution is -0.141. The van der Waals surface area contributed by atoms with E-state index in [4.69, 9.17) is 23.7 Å². The van der Waals surface area contributed by atoms with Gasteiger partial charge in [0.05, 0.1) is 32.8 Å². The number of aryl methyl sites for hydroxylation is 1. The summed E-state index contributed by atoms with van der Waals surface area (Å²) in [5.74, 6) is 1.06. The predicted octanol–water partition coefficient (Wildman–Crippen LogP) is 2.71. The number of carbonyl (C=O) groups is 1. The highest BCUT2D eigenvalue weighted by Crippen LogP contribution is 2.54. The van der Waals surface area contributed by atoms with Crippen LogP contribution < -0.4 is 18.9 Å². The van der Waals surface area contributed by atoms with Crippen LogP contribution in [-0.4, -0.2) is 38.7 Å². The maximum absolute atomic E-state index is 12.7. The second-order valence-electron chi connectivity index (χ2n) is 7.65. The van der Waals surface area contributed by atoms with Crippen molar-refractivity contribution in [1.82, 2.24) is 0 Å². The van der Waals surface area contributed by atoms with E-state index in [0.29, 0.717) is 23.0 Å². The average Bonchev–Trinajstić information content (AvgIpc) is 3.33. The van der Waals surface area contributed by atoms with Crippen molar-refractivity contribution in [2.24, 2.45) is 11.8 Å². The Morgan fingerprint density at radius 2 is 1.72 bits per heavy atom. The number of methoxy groups -OCH3 is 2. The first-order chi connectivity index (χ1) is 14.0. The Morgan fingerprint density at radius 1 is 1.00 bits per heavy atom. The molecule has 2 heterocycles. The average molecular weight is 398 g/mol. The molecule has 3 aliphatic rings. The van der Waals surface area contributed by atoms with Crippen molar-refractivity contribution in [3.05, 3.63) is 46.5 Å². The Morgan fingerprint density at radius 3 is 2.41 bits per heavy atom. The molecule has 0 unspecified atom stereocenters. The fraction of sp³-hybridized carbons (Fsp3) is 0.409. The molecule has 7 heteroatoms. The van der Waals surface area contributed by atoms with Gasteiger partial charge in [-0.2, -0.15) is 0 Å². The van der Waals surface area contributed by atoms with Crippen LogP contribution in [0.5, 0.6) is 23.0 Å². The lowest BCUT2D eigenvalue weighted by Gasteiger charge is -2.37. The van der Waals surface area contributed by atoms with Crippen LogP contribution >= 0.6 is 0 Å². The zero-order valence-corrected chi connectivity index (χ0v) is 16.4. The maximum Gasteiger partial charge on any atom is 0.310 e. The van der Waals surface area contributed by atoms with E-state index < -0.39 is 12.0 Å². The van der Waals surface area contributed by atoms with Gasteiger partial charge in [0.15, 0.2) is 23.0 Å². The molecular weight excluding hydrogens is 376 g/mol. The first-order valence-corrected chi connectivity index (χ1v) is 9.54. The molecule has 1 N–H and O–H groups in total. The quantitative estimate of drug-likeness (QED) is 0.796. The second-order valence-corrected chi connectivity index (χ2v) is 7.65. The normalized spacial score (nSPS) is 26.6. The molecule has 4 atom stereocenters. The highest BCUT2D eigenvalue weighted by atomic mass is 16.7. The first-order valence-electron chi connectivity index (χ1n) is 9.54. The van der Waals surface area contributed by atoms with Gasteiger partial charge >= 0.3 is 5.97 Å². The zero-order valence-electron chi connectivity index (χ0n) is 16.4. The standard InChI is InChI=1S/C22H22O7/c1-10-4-11(5-17(25-2)21(10)26-3)18-12-6-15-16(29-9-28-15)7-13(12)20(23)14-8-27-22(24)19(14)18/h4-7,14,18-20,23H,8-9H2,1-3H3/t14-,18+,19-,20-/m0/s1. The van der Waals surface area contributed by atoms with E-state index in [1.165, 1.54) is 0 Å². The number of rotatable bonds is 3. The van der Waals surface area contributed by atoms with E-state index in [1.807, 2.05) is 31.2 Å². The summed E-state index contributed by atoms with van der Waals surface area (Å²) in [6.45, 7) is 2.28. The molecule has 2 aromatic carbocycles. The molecule has 29 heavy (non-hydrogen) atoms. The third kappa shape index (κ3) is 2.57. The molecule has 2 aliphatic heterocycles. The van der Waals surface area contributed by atoms with E-state index >= 15 is 0 Å². The summed E-state index contributed by atoms with van der Waals surface area (Å²) < 4.78 is 27.4. The van der Waals surface area contributed by atoms with Crippen LogP contribution in [0.3, 0.4) is 0 Å². The molecule has 7 nitrogen and oxygen atoms in total. The van der Waals surface area contributed by atoms with Crippen molar-refractivity contribution in [2.75, 3.05) is 27.6 Å². The van der Waals surface area contributed by atoms with Gasteiger partial charge in [-0.05, 0) is 47.4 Å². The molecule has 152 valence electrons. The van der Waals surface area contributed by atoms with Crippen LogP contribution in [0.2, 0.25) is 0 Å². The van der Waals surface area contributed by atoms with Gasteiger partial charge < -0.3 is 28.8 Å². The zero-order chi connectivity index (χ0) is 20.3. The number of esters is 1. The molecule has 2 aromatic rings. The van der Waals surface area contributed by atoms with Crippen molar-refractivity contribution in [3.8, 4) is 23.0 Å². The van der Waals surface area contributed by atoms with Crippen molar-refractivity contribution >= 4 is 5.97 Å². The lowest BCUT2D eigenvalue weighted by atomic mass is 9.66. The van der Waals surface area contributed by atoms with Crippen molar-refractivity contribution in [3.63, 3.8) is 0 Å². The van der Waals surface area contributed by atoms with E-state index in [2.05, 4.69) is 0 Å². The molecule has 1 saturated heterocycles. The Hall–Kier alpha value is -2.93. The fourth-order valence-corrected chi connectivity index (χ4v) is 4.89. The van der Waals surface area contributed by atoms with Crippen LogP contribution in [0.4, 0.5) is 0 Å². The summed E-state index contributed by atoms with van der Waals surface area (Å²) in [5, 5.41) is 11.0. The topological polar surface area (TPSA) is 83.5 Å².